The highest BCUT2D eigenvalue weighted by atomic mass is 16.6. The van der Waals surface area contributed by atoms with E-state index >= 15 is 0 Å². The normalized spacial score (nSPS) is 13.2. The Hall–Kier alpha value is -3.74. The summed E-state index contributed by atoms with van der Waals surface area (Å²) in [6, 6.07) is 17.9. The first-order valence-electron chi connectivity index (χ1n) is 11.6. The molecule has 0 saturated heterocycles. The molecule has 0 aliphatic carbocycles. The van der Waals surface area contributed by atoms with Crippen molar-refractivity contribution in [1.82, 2.24) is 10.3 Å². The van der Waals surface area contributed by atoms with Crippen molar-refractivity contribution in [3.05, 3.63) is 77.5 Å². The second-order valence-electron chi connectivity index (χ2n) is 10.0. The Morgan fingerprint density at radius 1 is 1.03 bits per heavy atom. The first-order valence-corrected chi connectivity index (χ1v) is 11.6. The Kier molecular flexibility index (Phi) is 7.89. The van der Waals surface area contributed by atoms with Gasteiger partial charge in [-0.15, -0.1) is 0 Å². The van der Waals surface area contributed by atoms with Crippen LogP contribution in [0, 0.1) is 5.41 Å². The molecule has 184 valence electrons. The molecule has 35 heavy (non-hydrogen) atoms. The van der Waals surface area contributed by atoms with Crippen molar-refractivity contribution < 1.29 is 23.9 Å². The fraction of sp³-hybridized carbons (Fsp3) is 0.357. The maximum Gasteiger partial charge on any atom is 0.408 e. The second-order valence-corrected chi connectivity index (χ2v) is 10.0. The minimum atomic E-state index is -1.51. The van der Waals surface area contributed by atoms with Gasteiger partial charge in [0.1, 0.15) is 12.3 Å². The number of pyridine rings is 1. The lowest BCUT2D eigenvalue weighted by molar-refractivity contribution is -0.157. The predicted octanol–water partition coefficient (Wildman–Crippen LogP) is 5.56. The van der Waals surface area contributed by atoms with E-state index in [0.717, 1.165) is 10.9 Å². The number of alkyl carbamates (subject to hydrolysis) is 1. The zero-order chi connectivity index (χ0) is 25.6. The first-order chi connectivity index (χ1) is 16.5. The van der Waals surface area contributed by atoms with Gasteiger partial charge in [-0.1, -0.05) is 63.2 Å². The molecule has 1 unspecified atom stereocenters. The van der Waals surface area contributed by atoms with Crippen LogP contribution in [-0.2, 0) is 26.4 Å². The van der Waals surface area contributed by atoms with Gasteiger partial charge in [-0.25, -0.2) is 14.6 Å². The molecule has 3 aromatic rings. The number of esters is 1. The number of amides is 1. The molecule has 0 fully saturated rings. The first kappa shape index (κ1) is 25.9. The summed E-state index contributed by atoms with van der Waals surface area (Å²) < 4.78 is 11.1. The Labute approximate surface area is 205 Å². The Bertz CT molecular complexity index is 1200. The minimum Gasteiger partial charge on any atom is -0.461 e. The summed E-state index contributed by atoms with van der Waals surface area (Å²) in [6.07, 6.45) is -0.173. The van der Waals surface area contributed by atoms with E-state index in [1.54, 1.807) is 44.2 Å². The second kappa shape index (κ2) is 10.7. The van der Waals surface area contributed by atoms with Crippen LogP contribution in [-0.4, -0.2) is 29.4 Å². The van der Waals surface area contributed by atoms with Crippen LogP contribution in [0.25, 0.3) is 10.9 Å². The van der Waals surface area contributed by atoms with Gasteiger partial charge in [-0.2, -0.15) is 0 Å². The number of hydrogen-bond acceptors (Lipinski definition) is 6. The summed E-state index contributed by atoms with van der Waals surface area (Å²) in [5.74, 6) is -0.573. The number of nitrogens with one attached hydrogen (secondary N) is 1. The molecule has 7 nitrogen and oxygen atoms in total. The summed E-state index contributed by atoms with van der Waals surface area (Å²) in [4.78, 5) is 42.1. The monoisotopic (exact) mass is 476 g/mol. The smallest absolute Gasteiger partial charge is 0.408 e. The quantitative estimate of drug-likeness (QED) is 0.338. The van der Waals surface area contributed by atoms with Crippen LogP contribution in [0.5, 0.6) is 0 Å². The van der Waals surface area contributed by atoms with E-state index in [2.05, 4.69) is 10.3 Å². The number of carbonyl (C=O) groups is 3. The molecule has 1 atom stereocenters. The van der Waals surface area contributed by atoms with Gasteiger partial charge in [-0.3, -0.25) is 4.79 Å². The molecule has 0 radical (unpaired) electrons. The van der Waals surface area contributed by atoms with Crippen molar-refractivity contribution in [2.45, 2.75) is 59.3 Å². The summed E-state index contributed by atoms with van der Waals surface area (Å²) in [6.45, 7) is 9.55. The Morgan fingerprint density at radius 2 is 1.74 bits per heavy atom. The molecule has 1 heterocycles. The van der Waals surface area contributed by atoms with Gasteiger partial charge in [0.05, 0.1) is 11.6 Å². The number of fused-ring (bicyclic) bond motifs is 1. The molecule has 1 aromatic heterocycles. The van der Waals surface area contributed by atoms with E-state index < -0.39 is 17.6 Å². The van der Waals surface area contributed by atoms with Crippen molar-refractivity contribution in [2.24, 2.45) is 5.41 Å². The molecule has 2 aromatic carbocycles. The van der Waals surface area contributed by atoms with Crippen molar-refractivity contribution >= 4 is 29.3 Å². The van der Waals surface area contributed by atoms with Crippen molar-refractivity contribution in [3.63, 3.8) is 0 Å². The lowest BCUT2D eigenvalue weighted by Gasteiger charge is -2.38. The molecule has 0 saturated carbocycles. The molecular formula is C28H32N2O5. The summed E-state index contributed by atoms with van der Waals surface area (Å²) >= 11 is 0. The van der Waals surface area contributed by atoms with Gasteiger partial charge in [0.2, 0.25) is 0 Å². The van der Waals surface area contributed by atoms with Crippen LogP contribution in [0.15, 0.2) is 60.7 Å². The zero-order valence-electron chi connectivity index (χ0n) is 20.8. The number of carbonyl (C=O) groups excluding carboxylic acids is 3. The van der Waals surface area contributed by atoms with E-state index in [4.69, 9.17) is 9.47 Å². The molecule has 0 bridgehead atoms. The third-order valence-electron chi connectivity index (χ3n) is 5.34. The lowest BCUT2D eigenvalue weighted by Crippen LogP contribution is -2.55. The van der Waals surface area contributed by atoms with E-state index in [1.165, 1.54) is 0 Å². The lowest BCUT2D eigenvalue weighted by atomic mass is 9.75. The third-order valence-corrected chi connectivity index (χ3v) is 5.34. The third kappa shape index (κ3) is 6.66. The minimum absolute atomic E-state index is 0.0631. The van der Waals surface area contributed by atoms with Crippen molar-refractivity contribution in [2.75, 3.05) is 0 Å². The molecule has 3 rings (SSSR count). The van der Waals surface area contributed by atoms with Crippen LogP contribution >= 0.6 is 0 Å². The molecule has 0 aliphatic heterocycles. The number of nitrogens with zero attached hydrogens (tertiary/aromatic N) is 1. The highest BCUT2D eigenvalue weighted by molar-refractivity contribution is 5.90. The van der Waals surface area contributed by atoms with E-state index in [9.17, 15) is 14.4 Å². The molecule has 0 aliphatic rings. The number of aromatic nitrogens is 1. The van der Waals surface area contributed by atoms with Crippen LogP contribution in [0.2, 0.25) is 0 Å². The van der Waals surface area contributed by atoms with Gasteiger partial charge < -0.3 is 14.8 Å². The number of aldehydes is 1. The molecule has 1 amide bonds. The van der Waals surface area contributed by atoms with Crippen LogP contribution in [0.1, 0.15) is 62.7 Å². The largest absolute Gasteiger partial charge is 0.461 e. The van der Waals surface area contributed by atoms with Gasteiger partial charge in [0.15, 0.2) is 11.8 Å². The maximum absolute atomic E-state index is 13.6. The highest BCUT2D eigenvalue weighted by Crippen LogP contribution is 2.37. The van der Waals surface area contributed by atoms with E-state index in [-0.39, 0.29) is 24.5 Å². The molecule has 0 spiro atoms. The van der Waals surface area contributed by atoms with Crippen molar-refractivity contribution in [3.8, 4) is 0 Å². The molecule has 1 N–H and O–H groups in total. The molecule has 7 heteroatoms. The highest BCUT2D eigenvalue weighted by Gasteiger charge is 2.47. The van der Waals surface area contributed by atoms with E-state index in [0.29, 0.717) is 23.1 Å². The molecular weight excluding hydrogens is 444 g/mol. The standard InChI is InChI=1S/C28H32N2O5/c1-19(2)35-25(32)28(18-27(3,4)5,30-26(33)34-17-20-9-7-6-8-10-20)22-12-14-24-21(15-22)11-13-23(16-31)29-24/h6-16,19H,17-18H2,1-5H3,(H,30,33). The van der Waals surface area contributed by atoms with Gasteiger partial charge in [-0.05, 0) is 55.0 Å². The fourth-order valence-electron chi connectivity index (χ4n) is 3.98. The SMILES string of the molecule is CC(C)OC(=O)C(CC(C)(C)C)(NC(=O)OCc1ccccc1)c1ccc2nc(C=O)ccc2c1. The van der Waals surface area contributed by atoms with Gasteiger partial charge in [0.25, 0.3) is 0 Å². The van der Waals surface area contributed by atoms with Gasteiger partial charge in [0, 0.05) is 5.39 Å². The predicted molar refractivity (Wildman–Crippen MR) is 134 cm³/mol. The van der Waals surface area contributed by atoms with Crippen LogP contribution < -0.4 is 5.32 Å². The number of ether oxygens (including phenoxy) is 2. The number of benzene rings is 2. The Morgan fingerprint density at radius 3 is 2.37 bits per heavy atom. The van der Waals surface area contributed by atoms with Crippen molar-refractivity contribution in [1.29, 1.82) is 0 Å². The summed E-state index contributed by atoms with van der Waals surface area (Å²) in [5, 5.41) is 3.58. The summed E-state index contributed by atoms with van der Waals surface area (Å²) in [5.41, 5.74) is 0.421. The van der Waals surface area contributed by atoms with E-state index in [1.807, 2.05) is 51.1 Å². The Balaban J connectivity index is 2.06. The average molecular weight is 477 g/mol. The number of hydrogen-bond donors (Lipinski definition) is 1. The van der Waals surface area contributed by atoms with Crippen LogP contribution in [0.3, 0.4) is 0 Å². The van der Waals surface area contributed by atoms with Gasteiger partial charge >= 0.3 is 12.1 Å². The fourth-order valence-corrected chi connectivity index (χ4v) is 3.98. The number of rotatable bonds is 8. The maximum atomic E-state index is 13.6. The zero-order valence-corrected chi connectivity index (χ0v) is 20.8. The topological polar surface area (TPSA) is 94.6 Å². The van der Waals surface area contributed by atoms with Crippen LogP contribution in [0.4, 0.5) is 4.79 Å². The summed E-state index contributed by atoms with van der Waals surface area (Å²) in [7, 11) is 0. The average Bonchev–Trinajstić information content (AvgIpc) is 2.81.